The monoisotopic (exact) mass is 460 g/mol. The summed E-state index contributed by atoms with van der Waals surface area (Å²) in [7, 11) is 3.86. The van der Waals surface area contributed by atoms with Gasteiger partial charge in [-0.25, -0.2) is 9.97 Å². The van der Waals surface area contributed by atoms with Crippen molar-refractivity contribution in [1.29, 1.82) is 0 Å². The number of nitrogens with zero attached hydrogens (tertiary/aromatic N) is 6. The number of aliphatic hydroxyl groups is 1. The number of anilines is 1. The number of hydrogen-bond acceptors (Lipinski definition) is 8. The van der Waals surface area contributed by atoms with Crippen molar-refractivity contribution < 1.29 is 5.11 Å². The molecule has 4 N–H and O–H groups in total. The van der Waals surface area contributed by atoms with E-state index in [0.29, 0.717) is 18.8 Å². The number of H-pyrrole nitrogens is 1. The van der Waals surface area contributed by atoms with Gasteiger partial charge in [0.2, 0.25) is 0 Å². The minimum Gasteiger partial charge on any atom is -0.390 e. The maximum atomic E-state index is 10.00. The first-order valence-electron chi connectivity index (χ1n) is 10.5. The molecule has 0 spiro atoms. The van der Waals surface area contributed by atoms with Gasteiger partial charge in [0.25, 0.3) is 0 Å². The predicted octanol–water partition coefficient (Wildman–Crippen LogP) is 3.04. The van der Waals surface area contributed by atoms with Gasteiger partial charge in [-0.1, -0.05) is 18.2 Å². The molecule has 0 radical (unpaired) electrons. The molecular formula is C23H24N8OS. The lowest BCUT2D eigenvalue weighted by Crippen LogP contribution is -2.11. The van der Waals surface area contributed by atoms with Crippen LogP contribution >= 0.6 is 11.3 Å². The zero-order valence-electron chi connectivity index (χ0n) is 18.4. The number of fused-ring (bicyclic) bond motifs is 2. The predicted molar refractivity (Wildman–Crippen MR) is 131 cm³/mol. The number of nitrogens with two attached hydrogens (primary N) is 1. The zero-order valence-corrected chi connectivity index (χ0v) is 19.2. The molecule has 0 amide bonds. The molecule has 33 heavy (non-hydrogen) atoms. The van der Waals surface area contributed by atoms with Gasteiger partial charge in [-0.15, -0.1) is 11.3 Å². The molecule has 0 aliphatic heterocycles. The van der Waals surface area contributed by atoms with Gasteiger partial charge >= 0.3 is 0 Å². The van der Waals surface area contributed by atoms with Crippen LogP contribution in [0.2, 0.25) is 0 Å². The smallest absolute Gasteiger partial charge is 0.124 e. The molecule has 0 bridgehead atoms. The van der Waals surface area contributed by atoms with Gasteiger partial charge in [0.05, 0.1) is 36.8 Å². The maximum Gasteiger partial charge on any atom is 0.124 e. The first-order chi connectivity index (χ1) is 16.0. The van der Waals surface area contributed by atoms with Crippen LogP contribution in [0.15, 0.2) is 47.7 Å². The van der Waals surface area contributed by atoms with Gasteiger partial charge in [0.1, 0.15) is 21.2 Å². The third-order valence-electron chi connectivity index (χ3n) is 5.60. The Bertz CT molecular complexity index is 1460. The number of aryl methyl sites for hydroxylation is 1. The number of aromatic nitrogens is 5. The fourth-order valence-electron chi connectivity index (χ4n) is 3.96. The van der Waals surface area contributed by atoms with Crippen molar-refractivity contribution in [2.75, 3.05) is 12.8 Å². The molecule has 0 saturated heterocycles. The second kappa shape index (κ2) is 8.64. The van der Waals surface area contributed by atoms with E-state index in [1.165, 1.54) is 0 Å². The largest absolute Gasteiger partial charge is 0.390 e. The molecule has 4 heterocycles. The maximum absolute atomic E-state index is 10.00. The van der Waals surface area contributed by atoms with E-state index >= 15 is 0 Å². The van der Waals surface area contributed by atoms with Gasteiger partial charge in [-0.3, -0.25) is 10.1 Å². The molecule has 0 fully saturated rings. The molecule has 0 saturated carbocycles. The van der Waals surface area contributed by atoms with E-state index < -0.39 is 0 Å². The summed E-state index contributed by atoms with van der Waals surface area (Å²) in [4.78, 5) is 10.2. The Hall–Kier alpha value is -3.76. The number of nitrogens with one attached hydrogen (secondary N) is 1. The lowest BCUT2D eigenvalue weighted by atomic mass is 10.1. The van der Waals surface area contributed by atoms with Gasteiger partial charge in [-0.2, -0.15) is 10.2 Å². The van der Waals surface area contributed by atoms with Crippen molar-refractivity contribution in [3.05, 3.63) is 70.1 Å². The van der Waals surface area contributed by atoms with Crippen molar-refractivity contribution in [3.63, 3.8) is 0 Å². The Morgan fingerprint density at radius 1 is 1.24 bits per heavy atom. The average Bonchev–Trinajstić information content (AvgIpc) is 3.49. The van der Waals surface area contributed by atoms with Crippen molar-refractivity contribution >= 4 is 44.6 Å². The first kappa shape index (κ1) is 21.1. The summed E-state index contributed by atoms with van der Waals surface area (Å²) >= 11 is 1.59. The first-order valence-corrected chi connectivity index (χ1v) is 11.3. The summed E-state index contributed by atoms with van der Waals surface area (Å²) in [6.45, 7) is 0.534. The van der Waals surface area contributed by atoms with Gasteiger partial charge in [0.15, 0.2) is 0 Å². The van der Waals surface area contributed by atoms with Crippen LogP contribution in [0, 0.1) is 0 Å². The van der Waals surface area contributed by atoms with Crippen LogP contribution in [-0.2, 0) is 26.6 Å². The van der Waals surface area contributed by atoms with Crippen molar-refractivity contribution in [1.82, 2.24) is 29.7 Å². The molecule has 5 rings (SSSR count). The fourth-order valence-corrected chi connectivity index (χ4v) is 5.04. The van der Waals surface area contributed by atoms with E-state index in [1.807, 2.05) is 54.1 Å². The van der Waals surface area contributed by atoms with Crippen LogP contribution in [0.3, 0.4) is 0 Å². The number of nitrogen functional groups attached to an aromatic ring is 1. The number of thiazole rings is 1. The Morgan fingerprint density at radius 2 is 2.09 bits per heavy atom. The molecule has 0 aliphatic carbocycles. The molecule has 5 aromatic rings. The topological polar surface area (TPSA) is 121 Å². The van der Waals surface area contributed by atoms with Crippen molar-refractivity contribution in [3.8, 4) is 0 Å². The minimum absolute atomic E-state index is 0.0922. The number of hydrogen-bond donors (Lipinski definition) is 3. The molecule has 1 aromatic carbocycles. The average molecular weight is 461 g/mol. The van der Waals surface area contributed by atoms with E-state index in [2.05, 4.69) is 26.3 Å². The van der Waals surface area contributed by atoms with E-state index in [0.717, 1.165) is 48.8 Å². The summed E-state index contributed by atoms with van der Waals surface area (Å²) in [6, 6.07) is 11.7. The number of aliphatic hydroxyl groups excluding tert-OH is 1. The standard InChI is InChI=1S/C23H24N8OS/c1-30(12-14-5-3-7-18-16(14)10-25-29-18)26-11-17-19(13-32)31(2)23-22(17)28-21(33-23)9-15-6-4-8-20(24)27-15/h3-8,10-11,32H,9,12-13H2,1-2H3,(H2,24,27)(H,25,29)/b26-11-. The number of benzene rings is 1. The van der Waals surface area contributed by atoms with Gasteiger partial charge < -0.3 is 15.4 Å². The third kappa shape index (κ3) is 4.06. The highest BCUT2D eigenvalue weighted by atomic mass is 32.1. The molecular weight excluding hydrogens is 436 g/mol. The van der Waals surface area contributed by atoms with Crippen LogP contribution in [-0.4, -0.2) is 48.1 Å². The minimum atomic E-state index is -0.0922. The summed E-state index contributed by atoms with van der Waals surface area (Å²) in [5, 5.41) is 25.7. The number of rotatable bonds is 7. The zero-order chi connectivity index (χ0) is 22.9. The van der Waals surface area contributed by atoms with E-state index in [1.54, 1.807) is 23.6 Å². The van der Waals surface area contributed by atoms with Gasteiger partial charge in [0, 0.05) is 37.2 Å². The lowest BCUT2D eigenvalue weighted by Gasteiger charge is -2.13. The number of hydrazone groups is 1. The normalized spacial score (nSPS) is 11.8. The second-order valence-electron chi connectivity index (χ2n) is 7.88. The Balaban J connectivity index is 1.43. The van der Waals surface area contributed by atoms with Gasteiger partial charge in [-0.05, 0) is 23.8 Å². The highest BCUT2D eigenvalue weighted by Crippen LogP contribution is 2.30. The molecule has 10 heteroatoms. The van der Waals surface area contributed by atoms with Crippen LogP contribution in [0.5, 0.6) is 0 Å². The Morgan fingerprint density at radius 3 is 2.91 bits per heavy atom. The van der Waals surface area contributed by atoms with Crippen molar-refractivity contribution in [2.45, 2.75) is 19.6 Å². The molecule has 0 atom stereocenters. The highest BCUT2D eigenvalue weighted by Gasteiger charge is 2.18. The molecule has 9 nitrogen and oxygen atoms in total. The number of aromatic amines is 1. The Labute approximate surface area is 194 Å². The third-order valence-corrected chi connectivity index (χ3v) is 6.73. The summed E-state index contributed by atoms with van der Waals surface area (Å²) in [6.07, 6.45) is 4.22. The van der Waals surface area contributed by atoms with Crippen LogP contribution in [0.1, 0.15) is 27.5 Å². The molecule has 4 aromatic heterocycles. The highest BCUT2D eigenvalue weighted by molar-refractivity contribution is 7.18. The van der Waals surface area contributed by atoms with E-state index in [9.17, 15) is 5.11 Å². The van der Waals surface area contributed by atoms with Crippen molar-refractivity contribution in [2.24, 2.45) is 12.1 Å². The fraction of sp³-hybridized carbons (Fsp3) is 0.217. The molecule has 0 unspecified atom stereocenters. The van der Waals surface area contributed by atoms with Crippen LogP contribution in [0.4, 0.5) is 5.82 Å². The number of pyridine rings is 1. The lowest BCUT2D eigenvalue weighted by molar-refractivity contribution is 0.273. The van der Waals surface area contributed by atoms with Crippen LogP contribution < -0.4 is 5.73 Å². The second-order valence-corrected chi connectivity index (χ2v) is 8.94. The quantitative estimate of drug-likeness (QED) is 0.254. The molecule has 168 valence electrons. The summed E-state index contributed by atoms with van der Waals surface area (Å²) in [5.74, 6) is 0.498. The molecule has 0 aliphatic rings. The van der Waals surface area contributed by atoms with E-state index in [-0.39, 0.29) is 6.61 Å². The summed E-state index contributed by atoms with van der Waals surface area (Å²) in [5.41, 5.74) is 11.3. The van der Waals surface area contributed by atoms with E-state index in [4.69, 9.17) is 10.7 Å². The SMILES string of the molecule is CN(Cc1cccc2[nH]ncc12)/N=C\c1c(CO)n(C)c2sc(Cc3cccc(N)n3)nc12. The Kier molecular flexibility index (Phi) is 5.53. The van der Waals surface area contributed by atoms with Crippen LogP contribution in [0.25, 0.3) is 21.3 Å². The summed E-state index contributed by atoms with van der Waals surface area (Å²) < 4.78 is 1.98.